The van der Waals surface area contributed by atoms with Crippen LogP contribution in [0.3, 0.4) is 0 Å². The number of amides is 1. The van der Waals surface area contributed by atoms with Crippen LogP contribution >= 0.6 is 0 Å². The molecule has 3 aromatic rings. The van der Waals surface area contributed by atoms with Gasteiger partial charge in [0.1, 0.15) is 30.2 Å². The largest absolute Gasteiger partial charge is 0.394 e. The summed E-state index contributed by atoms with van der Waals surface area (Å²) < 4.78 is 18.9. The van der Waals surface area contributed by atoms with Crippen LogP contribution in [-0.2, 0) is 16.0 Å². The van der Waals surface area contributed by atoms with Crippen LogP contribution in [0.4, 0.5) is 10.1 Å². The van der Waals surface area contributed by atoms with Crippen molar-refractivity contribution in [2.45, 2.75) is 55.8 Å². The molecule has 40 heavy (non-hydrogen) atoms. The molecular formula is C31H32FNO7. The Morgan fingerprint density at radius 1 is 0.850 bits per heavy atom. The van der Waals surface area contributed by atoms with E-state index in [4.69, 9.17) is 4.74 Å². The zero-order valence-corrected chi connectivity index (χ0v) is 21.7. The minimum Gasteiger partial charge on any atom is -0.394 e. The van der Waals surface area contributed by atoms with Crippen molar-refractivity contribution in [2.24, 2.45) is 5.92 Å². The van der Waals surface area contributed by atoms with Gasteiger partial charge in [0.05, 0.1) is 24.7 Å². The number of aliphatic hydroxyl groups is 4. The molecule has 0 aliphatic carbocycles. The molecule has 8 nitrogen and oxygen atoms in total. The van der Waals surface area contributed by atoms with Gasteiger partial charge in [0, 0.05) is 24.1 Å². The molecule has 0 bridgehead atoms. The number of anilines is 1. The van der Waals surface area contributed by atoms with Gasteiger partial charge in [-0.3, -0.25) is 9.59 Å². The van der Waals surface area contributed by atoms with Gasteiger partial charge in [-0.25, -0.2) is 4.39 Å². The number of nitrogens with zero attached hydrogens (tertiary/aromatic N) is 1. The summed E-state index contributed by atoms with van der Waals surface area (Å²) in [5.74, 6) is -1.06. The molecule has 0 aromatic heterocycles. The molecule has 0 spiro atoms. The molecule has 3 aromatic carbocycles. The van der Waals surface area contributed by atoms with E-state index >= 15 is 0 Å². The number of β-lactam (4-membered cyclic amide) rings is 1. The van der Waals surface area contributed by atoms with Gasteiger partial charge < -0.3 is 30.1 Å². The quantitative estimate of drug-likeness (QED) is 0.239. The van der Waals surface area contributed by atoms with Crippen LogP contribution < -0.4 is 4.90 Å². The predicted octanol–water partition coefficient (Wildman–Crippen LogP) is 2.58. The average molecular weight is 550 g/mol. The van der Waals surface area contributed by atoms with Crippen LogP contribution in [0, 0.1) is 11.7 Å². The first-order valence-corrected chi connectivity index (χ1v) is 13.3. The fourth-order valence-corrected chi connectivity index (χ4v) is 5.58. The fourth-order valence-electron chi connectivity index (χ4n) is 5.58. The molecule has 2 aliphatic rings. The van der Waals surface area contributed by atoms with Gasteiger partial charge in [-0.05, 0) is 53.9 Å². The lowest BCUT2D eigenvalue weighted by Crippen LogP contribution is -2.59. The van der Waals surface area contributed by atoms with Crippen molar-refractivity contribution in [3.05, 3.63) is 101 Å². The minimum absolute atomic E-state index is 0.0755. The Morgan fingerprint density at radius 3 is 2.15 bits per heavy atom. The molecule has 2 saturated heterocycles. The Bertz CT molecular complexity index is 1320. The van der Waals surface area contributed by atoms with Gasteiger partial charge in [0.2, 0.25) is 5.91 Å². The van der Waals surface area contributed by atoms with E-state index in [-0.39, 0.29) is 30.6 Å². The summed E-state index contributed by atoms with van der Waals surface area (Å²) in [4.78, 5) is 27.7. The third kappa shape index (κ3) is 5.56. The molecule has 7 atom stereocenters. The number of hydrogen-bond donors (Lipinski definition) is 4. The third-order valence-corrected chi connectivity index (χ3v) is 7.85. The summed E-state index contributed by atoms with van der Waals surface area (Å²) in [5, 5.41) is 40.0. The van der Waals surface area contributed by atoms with Crippen molar-refractivity contribution in [2.75, 3.05) is 11.5 Å². The number of para-hydroxylation sites is 1. The highest BCUT2D eigenvalue weighted by Crippen LogP contribution is 2.45. The van der Waals surface area contributed by atoms with Gasteiger partial charge in [-0.1, -0.05) is 42.5 Å². The lowest BCUT2D eigenvalue weighted by molar-refractivity contribution is -0.228. The van der Waals surface area contributed by atoms with Gasteiger partial charge in [0.25, 0.3) is 0 Å². The van der Waals surface area contributed by atoms with E-state index in [9.17, 15) is 34.4 Å². The van der Waals surface area contributed by atoms with E-state index in [0.29, 0.717) is 12.0 Å². The molecule has 4 N–H and O–H groups in total. The summed E-state index contributed by atoms with van der Waals surface area (Å²) in [5.41, 5.74) is 2.83. The molecule has 210 valence electrons. The van der Waals surface area contributed by atoms with Crippen LogP contribution in [0.2, 0.25) is 0 Å². The molecule has 2 aliphatic heterocycles. The summed E-state index contributed by atoms with van der Waals surface area (Å²) in [6.07, 6.45) is -5.23. The lowest BCUT2D eigenvalue weighted by Gasteiger charge is -2.47. The number of carbonyl (C=O) groups is 2. The first-order chi connectivity index (χ1) is 19.3. The average Bonchev–Trinajstić information content (AvgIpc) is 2.97. The number of ether oxygens (including phenoxy) is 1. The number of carbonyl (C=O) groups excluding carboxylic acids is 2. The SMILES string of the molecule is O=C(CCC1C(=O)N(c2ccccc2)C1c1ccc(CC2OC(CO)C(O)C(O)C2O)cc1)c1ccc(F)cc1. The summed E-state index contributed by atoms with van der Waals surface area (Å²) >= 11 is 0. The van der Waals surface area contributed by atoms with Gasteiger partial charge in [-0.2, -0.15) is 0 Å². The lowest BCUT2D eigenvalue weighted by atomic mass is 9.78. The van der Waals surface area contributed by atoms with Crippen molar-refractivity contribution in [1.29, 1.82) is 0 Å². The van der Waals surface area contributed by atoms with Gasteiger partial charge in [0.15, 0.2) is 5.78 Å². The highest BCUT2D eigenvalue weighted by Gasteiger charge is 2.48. The van der Waals surface area contributed by atoms with Crippen molar-refractivity contribution in [3.8, 4) is 0 Å². The third-order valence-electron chi connectivity index (χ3n) is 7.85. The topological polar surface area (TPSA) is 128 Å². The summed E-state index contributed by atoms with van der Waals surface area (Å²) in [7, 11) is 0. The Balaban J connectivity index is 1.32. The molecule has 7 unspecified atom stereocenters. The first-order valence-electron chi connectivity index (χ1n) is 13.3. The Labute approximate surface area is 231 Å². The Kier molecular flexibility index (Phi) is 8.39. The molecule has 9 heteroatoms. The van der Waals surface area contributed by atoms with E-state index in [1.54, 1.807) is 4.90 Å². The first kappa shape index (κ1) is 28.1. The van der Waals surface area contributed by atoms with Crippen molar-refractivity contribution in [3.63, 3.8) is 0 Å². The zero-order chi connectivity index (χ0) is 28.4. The van der Waals surface area contributed by atoms with E-state index in [1.807, 2.05) is 54.6 Å². The predicted molar refractivity (Wildman–Crippen MR) is 144 cm³/mol. The maximum Gasteiger partial charge on any atom is 0.233 e. The molecule has 0 saturated carbocycles. The number of halogens is 1. The molecule has 2 heterocycles. The minimum atomic E-state index is -1.44. The summed E-state index contributed by atoms with van der Waals surface area (Å²) in [6, 6.07) is 21.9. The van der Waals surface area contributed by atoms with Crippen molar-refractivity contribution >= 4 is 17.4 Å². The standard InChI is InChI=1S/C31H32FNO7/c32-21-12-10-19(11-13-21)24(35)15-14-23-27(33(31(23)39)22-4-2-1-3-5-22)20-8-6-18(7-9-20)16-25-28(36)30(38)29(37)26(17-34)40-25/h1-13,23,25-30,34,36-38H,14-17H2. The maximum absolute atomic E-state index is 13.3. The molecule has 2 fully saturated rings. The summed E-state index contributed by atoms with van der Waals surface area (Å²) in [6.45, 7) is -0.490. The molecule has 5 rings (SSSR count). The van der Waals surface area contributed by atoms with Crippen molar-refractivity contribution in [1.82, 2.24) is 0 Å². The second-order valence-corrected chi connectivity index (χ2v) is 10.4. The second kappa shape index (κ2) is 12.0. The highest BCUT2D eigenvalue weighted by atomic mass is 19.1. The van der Waals surface area contributed by atoms with E-state index in [0.717, 1.165) is 16.8 Å². The molecule has 1 amide bonds. The number of ketones is 1. The van der Waals surface area contributed by atoms with Crippen LogP contribution in [0.1, 0.15) is 40.4 Å². The van der Waals surface area contributed by atoms with Crippen LogP contribution in [0.25, 0.3) is 0 Å². The van der Waals surface area contributed by atoms with E-state index < -0.39 is 48.9 Å². The van der Waals surface area contributed by atoms with Gasteiger partial charge in [-0.15, -0.1) is 0 Å². The Morgan fingerprint density at radius 2 is 1.50 bits per heavy atom. The zero-order valence-electron chi connectivity index (χ0n) is 21.7. The van der Waals surface area contributed by atoms with E-state index in [1.165, 1.54) is 24.3 Å². The highest BCUT2D eigenvalue weighted by molar-refractivity contribution is 6.04. The number of Topliss-reactive ketones (excluding diaryl/α,β-unsaturated/α-hetero) is 1. The number of benzene rings is 3. The maximum atomic E-state index is 13.3. The second-order valence-electron chi connectivity index (χ2n) is 10.4. The molecular weight excluding hydrogens is 517 g/mol. The normalized spacial score (nSPS) is 28.3. The van der Waals surface area contributed by atoms with Crippen molar-refractivity contribution < 1.29 is 39.1 Å². The van der Waals surface area contributed by atoms with Crippen LogP contribution in [0.5, 0.6) is 0 Å². The van der Waals surface area contributed by atoms with Crippen LogP contribution in [-0.4, -0.2) is 69.2 Å². The number of hydrogen-bond acceptors (Lipinski definition) is 7. The number of rotatable bonds is 9. The fraction of sp³-hybridized carbons (Fsp3) is 0.355. The van der Waals surface area contributed by atoms with Crippen LogP contribution in [0.15, 0.2) is 78.9 Å². The smallest absolute Gasteiger partial charge is 0.233 e. The molecule has 0 radical (unpaired) electrons. The Hall–Kier alpha value is -3.47. The van der Waals surface area contributed by atoms with E-state index in [2.05, 4.69) is 0 Å². The van der Waals surface area contributed by atoms with Gasteiger partial charge >= 0.3 is 0 Å². The monoisotopic (exact) mass is 549 g/mol. The number of aliphatic hydroxyl groups excluding tert-OH is 4.